The number of ketones is 1. The van der Waals surface area contributed by atoms with E-state index in [9.17, 15) is 19.2 Å². The molecule has 45 heavy (non-hydrogen) atoms. The summed E-state index contributed by atoms with van der Waals surface area (Å²) in [6.07, 6.45) is 2.76. The van der Waals surface area contributed by atoms with Crippen LogP contribution in [-0.2, 0) is 27.3 Å². The minimum absolute atomic E-state index is 0.00486. The topological polar surface area (TPSA) is 98.8 Å². The molecule has 5 rings (SSSR count). The van der Waals surface area contributed by atoms with Crippen LogP contribution in [0.5, 0.6) is 0 Å². The molecular weight excluding hydrogens is 588 g/mol. The third-order valence-electron chi connectivity index (χ3n) is 9.00. The minimum atomic E-state index is -0.801. The molecule has 0 spiro atoms. The predicted octanol–water partition coefficient (Wildman–Crippen LogP) is 5.42. The summed E-state index contributed by atoms with van der Waals surface area (Å²) < 4.78 is 0. The maximum atomic E-state index is 14.1. The van der Waals surface area contributed by atoms with E-state index < -0.39 is 12.1 Å². The minimum Gasteiger partial charge on any atom is -0.342 e. The molecule has 2 heterocycles. The van der Waals surface area contributed by atoms with Gasteiger partial charge in [-0.15, -0.1) is 0 Å². The Balaban J connectivity index is 1.34. The van der Waals surface area contributed by atoms with E-state index in [1.165, 1.54) is 0 Å². The summed E-state index contributed by atoms with van der Waals surface area (Å²) in [5.74, 6) is -0.770. The number of rotatable bonds is 10. The van der Waals surface area contributed by atoms with E-state index >= 15 is 0 Å². The predicted molar refractivity (Wildman–Crippen MR) is 176 cm³/mol. The van der Waals surface area contributed by atoms with Gasteiger partial charge >= 0.3 is 0 Å². The Bertz CT molecular complexity index is 1540. The van der Waals surface area contributed by atoms with Crippen molar-refractivity contribution in [3.63, 3.8) is 0 Å². The fourth-order valence-corrected chi connectivity index (χ4v) is 6.35. The molecule has 0 aliphatic carbocycles. The smallest absolute Gasteiger partial charge is 0.246 e. The monoisotopic (exact) mass is 628 g/mol. The van der Waals surface area contributed by atoms with Crippen LogP contribution in [0, 0.1) is 12.8 Å². The first-order valence-electron chi connectivity index (χ1n) is 15.7. The average Bonchev–Trinajstić information content (AvgIpc) is 3.05. The first-order valence-corrected chi connectivity index (χ1v) is 16.1. The SMILES string of the molecule is Cc1cc(NC(=O)C(CC2CCN(C)CC2)NC(=O)[C@@H]2Cc3ccccc3CN2C(=O)CCC(=O)c2ccccc2)ccc1Cl. The first kappa shape index (κ1) is 32.4. The van der Waals surface area contributed by atoms with Crippen molar-refractivity contribution in [1.82, 2.24) is 15.1 Å². The van der Waals surface area contributed by atoms with E-state index in [-0.39, 0.29) is 48.8 Å². The molecule has 0 saturated carbocycles. The van der Waals surface area contributed by atoms with Crippen molar-refractivity contribution in [3.8, 4) is 0 Å². The lowest BCUT2D eigenvalue weighted by Gasteiger charge is -2.37. The quantitative estimate of drug-likeness (QED) is 0.292. The van der Waals surface area contributed by atoms with Gasteiger partial charge in [0, 0.05) is 42.1 Å². The molecule has 3 aromatic rings. The van der Waals surface area contributed by atoms with Crippen molar-refractivity contribution in [2.75, 3.05) is 25.5 Å². The van der Waals surface area contributed by atoms with Crippen molar-refractivity contribution >= 4 is 40.8 Å². The normalized spacial score (nSPS) is 17.7. The zero-order valence-electron chi connectivity index (χ0n) is 25.9. The lowest BCUT2D eigenvalue weighted by Crippen LogP contribution is -2.56. The number of carbonyl (C=O) groups is 4. The number of benzene rings is 3. The Morgan fingerprint density at radius 1 is 0.911 bits per heavy atom. The molecule has 2 aliphatic rings. The second kappa shape index (κ2) is 14.8. The third kappa shape index (κ3) is 8.38. The molecule has 3 amide bonds. The largest absolute Gasteiger partial charge is 0.342 e. The summed E-state index contributed by atoms with van der Waals surface area (Å²) in [6.45, 7) is 4.01. The molecule has 9 heteroatoms. The van der Waals surface area contributed by atoms with Gasteiger partial charge in [-0.05, 0) is 87.1 Å². The summed E-state index contributed by atoms with van der Waals surface area (Å²) >= 11 is 6.20. The van der Waals surface area contributed by atoms with E-state index in [0.717, 1.165) is 42.6 Å². The van der Waals surface area contributed by atoms with Crippen molar-refractivity contribution in [2.45, 2.75) is 64.1 Å². The van der Waals surface area contributed by atoms with Crippen LogP contribution in [-0.4, -0.2) is 65.5 Å². The van der Waals surface area contributed by atoms with Crippen LogP contribution in [0.1, 0.15) is 59.2 Å². The number of carbonyl (C=O) groups excluding carboxylic acids is 4. The van der Waals surface area contributed by atoms with Crippen LogP contribution >= 0.6 is 11.6 Å². The van der Waals surface area contributed by atoms with Crippen LogP contribution in [0.3, 0.4) is 0 Å². The maximum absolute atomic E-state index is 14.1. The molecule has 1 unspecified atom stereocenters. The summed E-state index contributed by atoms with van der Waals surface area (Å²) in [5.41, 5.74) is 3.97. The standard InChI is InChI=1S/C36H41ClN4O4/c1-24-20-29(12-13-30(24)37)38-35(44)31(21-25-16-18-40(2)19-17-25)39-36(45)32-22-27-10-6-7-11-28(27)23-41(32)34(43)15-14-33(42)26-8-4-3-5-9-26/h3-13,20,25,31-32H,14-19,21-23H2,1-2H3,(H,38,44)(H,39,45)/t31?,32-/m0/s1. The highest BCUT2D eigenvalue weighted by molar-refractivity contribution is 6.31. The van der Waals surface area contributed by atoms with E-state index in [1.807, 2.05) is 43.3 Å². The van der Waals surface area contributed by atoms with Crippen molar-refractivity contribution in [1.29, 1.82) is 0 Å². The maximum Gasteiger partial charge on any atom is 0.246 e. The Morgan fingerprint density at radius 3 is 2.31 bits per heavy atom. The first-order chi connectivity index (χ1) is 21.7. The number of aryl methyl sites for hydroxylation is 1. The molecule has 2 aliphatic heterocycles. The number of hydrogen-bond donors (Lipinski definition) is 2. The molecule has 1 fully saturated rings. The second-order valence-electron chi connectivity index (χ2n) is 12.3. The molecule has 3 aromatic carbocycles. The van der Waals surface area contributed by atoms with Crippen LogP contribution in [0.2, 0.25) is 5.02 Å². The van der Waals surface area contributed by atoms with Gasteiger partial charge in [0.25, 0.3) is 0 Å². The van der Waals surface area contributed by atoms with Crippen LogP contribution in [0.15, 0.2) is 72.8 Å². The fraction of sp³-hybridized carbons (Fsp3) is 0.389. The third-order valence-corrected chi connectivity index (χ3v) is 9.42. The Labute approximate surface area is 270 Å². The van der Waals surface area contributed by atoms with Crippen LogP contribution in [0.25, 0.3) is 0 Å². The van der Waals surface area contributed by atoms with Gasteiger partial charge in [0.05, 0.1) is 0 Å². The number of amides is 3. The van der Waals surface area contributed by atoms with E-state index in [2.05, 4.69) is 22.6 Å². The summed E-state index contributed by atoms with van der Waals surface area (Å²) in [6, 6.07) is 20.4. The Morgan fingerprint density at radius 2 is 1.60 bits per heavy atom. The van der Waals surface area contributed by atoms with Gasteiger partial charge in [0.15, 0.2) is 5.78 Å². The van der Waals surface area contributed by atoms with Crippen molar-refractivity contribution in [3.05, 3.63) is 100 Å². The highest BCUT2D eigenvalue weighted by Gasteiger charge is 2.37. The van der Waals surface area contributed by atoms with Crippen molar-refractivity contribution in [2.24, 2.45) is 5.92 Å². The van der Waals surface area contributed by atoms with E-state index in [4.69, 9.17) is 11.6 Å². The summed E-state index contributed by atoms with van der Waals surface area (Å²) in [7, 11) is 2.09. The van der Waals surface area contributed by atoms with Gasteiger partial charge in [-0.25, -0.2) is 0 Å². The Hall–Kier alpha value is -4.01. The molecule has 8 nitrogen and oxygen atoms in total. The highest BCUT2D eigenvalue weighted by atomic mass is 35.5. The molecular formula is C36H41ClN4O4. The fourth-order valence-electron chi connectivity index (χ4n) is 6.23. The summed E-state index contributed by atoms with van der Waals surface area (Å²) in [5, 5.41) is 6.63. The molecule has 0 radical (unpaired) electrons. The zero-order valence-corrected chi connectivity index (χ0v) is 26.7. The molecule has 2 N–H and O–H groups in total. The van der Waals surface area contributed by atoms with Gasteiger partial charge in [-0.3, -0.25) is 19.2 Å². The number of nitrogens with zero attached hydrogens (tertiary/aromatic N) is 2. The second-order valence-corrected chi connectivity index (χ2v) is 12.7. The van der Waals surface area contributed by atoms with Crippen molar-refractivity contribution < 1.29 is 19.2 Å². The molecule has 2 atom stereocenters. The average molecular weight is 629 g/mol. The lowest BCUT2D eigenvalue weighted by molar-refractivity contribution is -0.142. The van der Waals surface area contributed by atoms with Crippen LogP contribution in [0.4, 0.5) is 5.69 Å². The lowest BCUT2D eigenvalue weighted by atomic mass is 9.89. The molecule has 0 bridgehead atoms. The van der Waals surface area contributed by atoms with Gasteiger partial charge in [-0.1, -0.05) is 66.2 Å². The van der Waals surface area contributed by atoms with Gasteiger partial charge in [-0.2, -0.15) is 0 Å². The number of anilines is 1. The summed E-state index contributed by atoms with van der Waals surface area (Å²) in [4.78, 5) is 58.0. The highest BCUT2D eigenvalue weighted by Crippen LogP contribution is 2.27. The molecule has 0 aromatic heterocycles. The number of hydrogen-bond acceptors (Lipinski definition) is 5. The Kier molecular flexibility index (Phi) is 10.7. The number of likely N-dealkylation sites (tertiary alicyclic amines) is 1. The van der Waals surface area contributed by atoms with Gasteiger partial charge in [0.2, 0.25) is 17.7 Å². The number of Topliss-reactive ketones (excluding diaryl/α,β-unsaturated/α-hetero) is 1. The number of halogens is 1. The van der Waals surface area contributed by atoms with Gasteiger partial charge < -0.3 is 20.4 Å². The van der Waals surface area contributed by atoms with Gasteiger partial charge in [0.1, 0.15) is 12.1 Å². The number of nitrogens with one attached hydrogen (secondary N) is 2. The van der Waals surface area contributed by atoms with E-state index in [1.54, 1.807) is 41.3 Å². The molecule has 1 saturated heterocycles. The van der Waals surface area contributed by atoms with Crippen LogP contribution < -0.4 is 10.6 Å². The van der Waals surface area contributed by atoms with E-state index in [0.29, 0.717) is 29.1 Å². The molecule has 236 valence electrons. The number of fused-ring (bicyclic) bond motifs is 1. The number of piperidine rings is 1. The zero-order chi connectivity index (χ0) is 31.9.